The van der Waals surface area contributed by atoms with Crippen LogP contribution in [-0.4, -0.2) is 21.1 Å². The number of fused-ring (bicyclic) bond motifs is 1. The first-order valence-corrected chi connectivity index (χ1v) is 12.6. The molecule has 8 heteroatoms. The van der Waals surface area contributed by atoms with E-state index in [1.165, 1.54) is 22.9 Å². The molecule has 2 aromatic carbocycles. The molecular formula is C24H21Cl2N3OS2. The molecule has 0 saturated carbocycles. The third-order valence-corrected chi connectivity index (χ3v) is 8.06. The minimum atomic E-state index is -0.340. The molecule has 0 aliphatic rings. The predicted molar refractivity (Wildman–Crippen MR) is 137 cm³/mol. The number of halogens is 2. The van der Waals surface area contributed by atoms with Crippen molar-refractivity contribution in [1.82, 2.24) is 9.97 Å². The number of rotatable bonds is 6. The Balaban J connectivity index is 1.66. The topological polar surface area (TPSA) is 54.9 Å². The summed E-state index contributed by atoms with van der Waals surface area (Å²) in [6.45, 7) is 6.20. The van der Waals surface area contributed by atoms with Crippen LogP contribution in [0.5, 0.6) is 0 Å². The first kappa shape index (κ1) is 23.1. The highest BCUT2D eigenvalue weighted by Gasteiger charge is 2.23. The molecule has 4 aromatic rings. The summed E-state index contributed by atoms with van der Waals surface area (Å²) in [5.74, 6) is -0.128. The maximum Gasteiger partial charge on any atom is 0.237 e. The van der Waals surface area contributed by atoms with Crippen molar-refractivity contribution in [3.8, 4) is 11.1 Å². The van der Waals surface area contributed by atoms with Crippen molar-refractivity contribution in [2.75, 3.05) is 5.32 Å². The van der Waals surface area contributed by atoms with Crippen molar-refractivity contribution in [3.05, 3.63) is 69.3 Å². The Kier molecular flexibility index (Phi) is 7.05. The van der Waals surface area contributed by atoms with Gasteiger partial charge in [0.05, 0.1) is 21.3 Å². The van der Waals surface area contributed by atoms with Gasteiger partial charge < -0.3 is 5.32 Å². The molecule has 4 rings (SSSR count). The zero-order valence-corrected chi connectivity index (χ0v) is 20.9. The van der Waals surface area contributed by atoms with E-state index in [1.54, 1.807) is 35.9 Å². The Morgan fingerprint density at radius 1 is 1.12 bits per heavy atom. The van der Waals surface area contributed by atoms with Crippen LogP contribution in [0, 0.1) is 13.8 Å². The van der Waals surface area contributed by atoms with Crippen LogP contribution in [0.2, 0.25) is 10.0 Å². The average Bonchev–Trinajstić information content (AvgIpc) is 3.21. The van der Waals surface area contributed by atoms with E-state index in [4.69, 9.17) is 23.2 Å². The Morgan fingerprint density at radius 2 is 1.94 bits per heavy atom. The zero-order valence-electron chi connectivity index (χ0n) is 17.8. The molecule has 164 valence electrons. The summed E-state index contributed by atoms with van der Waals surface area (Å²) in [5.41, 5.74) is 5.24. The predicted octanol–water partition coefficient (Wildman–Crippen LogP) is 7.79. The van der Waals surface area contributed by atoms with Gasteiger partial charge in [-0.1, -0.05) is 60.1 Å². The molecule has 0 bridgehead atoms. The number of aryl methyl sites for hydroxylation is 2. The fourth-order valence-corrected chi connectivity index (χ4v) is 5.79. The number of benzene rings is 2. The molecule has 2 heterocycles. The third-order valence-electron chi connectivity index (χ3n) is 5.26. The van der Waals surface area contributed by atoms with Crippen LogP contribution in [0.4, 0.5) is 5.69 Å². The van der Waals surface area contributed by atoms with Gasteiger partial charge >= 0.3 is 0 Å². The van der Waals surface area contributed by atoms with Crippen molar-refractivity contribution in [1.29, 1.82) is 0 Å². The summed E-state index contributed by atoms with van der Waals surface area (Å²) in [4.78, 5) is 22.9. The fourth-order valence-electron chi connectivity index (χ4n) is 3.32. The Bertz CT molecular complexity index is 1310. The van der Waals surface area contributed by atoms with Crippen molar-refractivity contribution >= 4 is 68.1 Å². The quantitative estimate of drug-likeness (QED) is 0.216. The lowest BCUT2D eigenvalue weighted by Gasteiger charge is -2.16. The van der Waals surface area contributed by atoms with Crippen LogP contribution in [0.15, 0.2) is 53.1 Å². The van der Waals surface area contributed by atoms with Gasteiger partial charge in [0.15, 0.2) is 0 Å². The molecule has 0 aliphatic heterocycles. The lowest BCUT2D eigenvalue weighted by molar-refractivity contribution is -0.115. The summed E-state index contributed by atoms with van der Waals surface area (Å²) in [5, 5.41) is 7.41. The maximum atomic E-state index is 13.0. The van der Waals surface area contributed by atoms with E-state index in [2.05, 4.69) is 52.7 Å². The van der Waals surface area contributed by atoms with Gasteiger partial charge in [-0.05, 0) is 55.2 Å². The summed E-state index contributed by atoms with van der Waals surface area (Å²) in [6, 6.07) is 11.5. The second-order valence-electron chi connectivity index (χ2n) is 7.44. The van der Waals surface area contributed by atoms with Gasteiger partial charge in [0.1, 0.15) is 16.2 Å². The standard InChI is InChI=1S/C24H21Cl2N3OS2/c1-4-20(22(30)29-19-8-7-16(25)10-18(19)26)32-24-21-17(11-31-23(21)27-12-28-24)15-6-5-13(2)14(3)9-15/h5-12,20H,4H2,1-3H3,(H,29,30). The zero-order chi connectivity index (χ0) is 22.8. The molecule has 0 radical (unpaired) electrons. The molecule has 4 nitrogen and oxygen atoms in total. The molecule has 1 N–H and O–H groups in total. The van der Waals surface area contributed by atoms with Crippen LogP contribution in [-0.2, 0) is 4.79 Å². The summed E-state index contributed by atoms with van der Waals surface area (Å²) >= 11 is 15.2. The monoisotopic (exact) mass is 501 g/mol. The van der Waals surface area contributed by atoms with Crippen LogP contribution in [0.3, 0.4) is 0 Å². The number of carbonyl (C=O) groups is 1. The molecule has 32 heavy (non-hydrogen) atoms. The molecule has 1 atom stereocenters. The van der Waals surface area contributed by atoms with E-state index in [9.17, 15) is 4.79 Å². The second kappa shape index (κ2) is 9.79. The van der Waals surface area contributed by atoms with Gasteiger partial charge in [0.2, 0.25) is 5.91 Å². The molecule has 2 aromatic heterocycles. The number of amides is 1. The van der Waals surface area contributed by atoms with Crippen LogP contribution >= 0.6 is 46.3 Å². The fraction of sp³-hybridized carbons (Fsp3) is 0.208. The Hall–Kier alpha value is -2.12. The lowest BCUT2D eigenvalue weighted by atomic mass is 10.0. The normalized spacial score (nSPS) is 12.2. The van der Waals surface area contributed by atoms with E-state index in [0.29, 0.717) is 22.2 Å². The van der Waals surface area contributed by atoms with Gasteiger partial charge in [-0.3, -0.25) is 4.79 Å². The van der Waals surface area contributed by atoms with Crippen molar-refractivity contribution in [2.45, 2.75) is 37.5 Å². The van der Waals surface area contributed by atoms with Crippen molar-refractivity contribution < 1.29 is 4.79 Å². The van der Waals surface area contributed by atoms with Gasteiger partial charge in [0.25, 0.3) is 0 Å². The van der Waals surface area contributed by atoms with E-state index in [0.717, 1.165) is 26.4 Å². The molecular weight excluding hydrogens is 481 g/mol. The average molecular weight is 502 g/mol. The first-order chi connectivity index (χ1) is 15.4. The van der Waals surface area contributed by atoms with Gasteiger partial charge in [-0.25, -0.2) is 9.97 Å². The highest BCUT2D eigenvalue weighted by Crippen LogP contribution is 2.40. The second-order valence-corrected chi connectivity index (χ2v) is 10.3. The minimum absolute atomic E-state index is 0.128. The van der Waals surface area contributed by atoms with E-state index >= 15 is 0 Å². The van der Waals surface area contributed by atoms with Gasteiger partial charge in [-0.15, -0.1) is 11.3 Å². The Labute approximate surface area is 205 Å². The lowest BCUT2D eigenvalue weighted by Crippen LogP contribution is -2.24. The number of hydrogen-bond donors (Lipinski definition) is 1. The molecule has 0 aliphatic carbocycles. The number of carbonyl (C=O) groups excluding carboxylic acids is 1. The van der Waals surface area contributed by atoms with Crippen molar-refractivity contribution in [3.63, 3.8) is 0 Å². The number of nitrogens with zero attached hydrogens (tertiary/aromatic N) is 2. The number of nitrogens with one attached hydrogen (secondary N) is 1. The highest BCUT2D eigenvalue weighted by molar-refractivity contribution is 8.00. The first-order valence-electron chi connectivity index (χ1n) is 10.1. The largest absolute Gasteiger partial charge is 0.324 e. The molecule has 0 spiro atoms. The summed E-state index contributed by atoms with van der Waals surface area (Å²) in [7, 11) is 0. The number of hydrogen-bond acceptors (Lipinski definition) is 5. The molecule has 0 saturated heterocycles. The van der Waals surface area contributed by atoms with Crippen LogP contribution in [0.1, 0.15) is 24.5 Å². The molecule has 1 amide bonds. The molecule has 1 unspecified atom stereocenters. The number of anilines is 1. The van der Waals surface area contributed by atoms with Crippen LogP contribution in [0.25, 0.3) is 21.3 Å². The molecule has 0 fully saturated rings. The number of aromatic nitrogens is 2. The van der Waals surface area contributed by atoms with Gasteiger partial charge in [0, 0.05) is 16.0 Å². The van der Waals surface area contributed by atoms with E-state index in [-0.39, 0.29) is 11.2 Å². The van der Waals surface area contributed by atoms with Crippen molar-refractivity contribution in [2.24, 2.45) is 0 Å². The Morgan fingerprint density at radius 3 is 2.66 bits per heavy atom. The van der Waals surface area contributed by atoms with Gasteiger partial charge in [-0.2, -0.15) is 0 Å². The van der Waals surface area contributed by atoms with Crippen LogP contribution < -0.4 is 5.32 Å². The highest BCUT2D eigenvalue weighted by atomic mass is 35.5. The summed E-state index contributed by atoms with van der Waals surface area (Å²) < 4.78 is 0. The smallest absolute Gasteiger partial charge is 0.237 e. The number of thiophene rings is 1. The maximum absolute atomic E-state index is 13.0. The SMILES string of the molecule is CCC(Sc1ncnc2scc(-c3ccc(C)c(C)c3)c12)C(=O)Nc1ccc(Cl)cc1Cl. The summed E-state index contributed by atoms with van der Waals surface area (Å²) in [6.07, 6.45) is 2.20. The minimum Gasteiger partial charge on any atom is -0.324 e. The number of thioether (sulfide) groups is 1. The van der Waals surface area contributed by atoms with E-state index < -0.39 is 0 Å². The van der Waals surface area contributed by atoms with E-state index in [1.807, 2.05) is 6.92 Å². The third kappa shape index (κ3) is 4.79.